The van der Waals surface area contributed by atoms with Gasteiger partial charge in [-0.3, -0.25) is 24.1 Å². The van der Waals surface area contributed by atoms with E-state index in [9.17, 15) is 37.5 Å². The highest BCUT2D eigenvalue weighted by atomic mass is 19.4. The van der Waals surface area contributed by atoms with Crippen molar-refractivity contribution >= 4 is 29.3 Å². The quantitative estimate of drug-likeness (QED) is 0.380. The summed E-state index contributed by atoms with van der Waals surface area (Å²) in [5.41, 5.74) is -1.45. The summed E-state index contributed by atoms with van der Waals surface area (Å²) in [4.78, 5) is 58.2. The van der Waals surface area contributed by atoms with E-state index in [1.54, 1.807) is 64.1 Å². The summed E-state index contributed by atoms with van der Waals surface area (Å²) in [6, 6.07) is 11.4. The zero-order chi connectivity index (χ0) is 31.2. The first-order chi connectivity index (χ1) is 20.1. The van der Waals surface area contributed by atoms with Gasteiger partial charge >= 0.3 is 6.36 Å². The van der Waals surface area contributed by atoms with Crippen molar-refractivity contribution in [2.45, 2.75) is 58.4 Å². The number of likely N-dealkylation sites (tertiary alicyclic amines) is 1. The van der Waals surface area contributed by atoms with Gasteiger partial charge in [0.25, 0.3) is 0 Å². The molecule has 8 nitrogen and oxygen atoms in total. The van der Waals surface area contributed by atoms with Gasteiger partial charge in [0.2, 0.25) is 23.6 Å². The number of ether oxygens (including phenoxy) is 1. The molecule has 1 N–H and O–H groups in total. The molecule has 2 aromatic carbocycles. The number of aromatic hydroxyl groups is 1. The van der Waals surface area contributed by atoms with Crippen molar-refractivity contribution in [3.63, 3.8) is 0 Å². The predicted molar refractivity (Wildman–Crippen MR) is 147 cm³/mol. The summed E-state index contributed by atoms with van der Waals surface area (Å²) in [7, 11) is 0. The first kappa shape index (κ1) is 28.9. The maximum absolute atomic E-state index is 14.3. The third kappa shape index (κ3) is 4.26. The fourth-order valence-electron chi connectivity index (χ4n) is 7.80. The molecule has 0 radical (unpaired) electrons. The smallest absolute Gasteiger partial charge is 0.508 e. The van der Waals surface area contributed by atoms with Crippen molar-refractivity contribution in [2.24, 2.45) is 29.1 Å². The minimum Gasteiger partial charge on any atom is -0.508 e. The lowest BCUT2D eigenvalue weighted by atomic mass is 9.51. The Kier molecular flexibility index (Phi) is 6.34. The molecule has 3 fully saturated rings. The number of benzene rings is 2. The molecule has 226 valence electrons. The van der Waals surface area contributed by atoms with Gasteiger partial charge < -0.3 is 9.84 Å². The second kappa shape index (κ2) is 9.42. The number of phenols is 1. The van der Waals surface area contributed by atoms with Crippen LogP contribution in [-0.4, -0.2) is 45.5 Å². The Balaban J connectivity index is 1.54. The van der Waals surface area contributed by atoms with Gasteiger partial charge in [-0.05, 0) is 76.8 Å². The number of hydrogen-bond acceptors (Lipinski definition) is 6. The van der Waals surface area contributed by atoms with Gasteiger partial charge in [-0.15, -0.1) is 13.2 Å². The summed E-state index contributed by atoms with van der Waals surface area (Å²) < 4.78 is 43.8. The molecule has 6 rings (SSSR count). The largest absolute Gasteiger partial charge is 0.573 e. The van der Waals surface area contributed by atoms with E-state index in [0.717, 1.165) is 23.1 Å². The molecule has 2 saturated heterocycles. The Morgan fingerprint density at radius 2 is 1.60 bits per heavy atom. The van der Waals surface area contributed by atoms with E-state index in [-0.39, 0.29) is 36.0 Å². The molecular weight excluding hydrogens is 565 g/mol. The maximum Gasteiger partial charge on any atom is 0.573 e. The lowest BCUT2D eigenvalue weighted by Crippen LogP contribution is -2.49. The second-order valence-corrected chi connectivity index (χ2v) is 12.9. The Hall–Kier alpha value is -4.15. The normalized spacial score (nSPS) is 30.7. The Morgan fingerprint density at radius 3 is 2.23 bits per heavy atom. The van der Waals surface area contributed by atoms with E-state index in [1.807, 2.05) is 0 Å². The highest BCUT2D eigenvalue weighted by molar-refractivity contribution is 6.24. The number of allylic oxidation sites excluding steroid dienone is 2. The number of amides is 4. The number of carbonyl (C=O) groups excluding carboxylic acids is 4. The van der Waals surface area contributed by atoms with Crippen LogP contribution in [0.4, 0.5) is 18.9 Å². The fraction of sp³-hybridized carbons (Fsp3) is 0.438. The summed E-state index contributed by atoms with van der Waals surface area (Å²) in [6.07, 6.45) is -2.97. The van der Waals surface area contributed by atoms with Crippen LogP contribution in [-0.2, 0) is 19.2 Å². The standard InChI is InChI=1S/C32H31F3N2O6/c1-30(2,3)37-26(39)19-12-11-18-20(24(19)28(37)41)15-22-27(40)36(16-8-6-5-7-9-16)29(42)31(22,4)25(18)21-14-17(10-13-23(21)38)43-32(33,34)35/h5-11,13-14,19-20,22,24-25,38H,12,15H2,1-4H3. The number of alkyl halides is 3. The van der Waals surface area contributed by atoms with E-state index in [0.29, 0.717) is 11.3 Å². The highest BCUT2D eigenvalue weighted by Gasteiger charge is 2.68. The van der Waals surface area contributed by atoms with E-state index in [4.69, 9.17) is 0 Å². The Labute approximate surface area is 246 Å². The van der Waals surface area contributed by atoms with Gasteiger partial charge in [-0.2, -0.15) is 0 Å². The van der Waals surface area contributed by atoms with Crippen LogP contribution in [0.3, 0.4) is 0 Å². The monoisotopic (exact) mass is 596 g/mol. The molecule has 2 aliphatic heterocycles. The van der Waals surface area contributed by atoms with Crippen molar-refractivity contribution in [3.8, 4) is 11.5 Å². The molecule has 11 heteroatoms. The van der Waals surface area contributed by atoms with Gasteiger partial charge in [0, 0.05) is 17.0 Å². The second-order valence-electron chi connectivity index (χ2n) is 12.9. The summed E-state index contributed by atoms with van der Waals surface area (Å²) in [6.45, 7) is 6.87. The number of fused-ring (bicyclic) bond motifs is 4. The molecule has 43 heavy (non-hydrogen) atoms. The molecule has 1 saturated carbocycles. The average molecular weight is 597 g/mol. The van der Waals surface area contributed by atoms with Crippen LogP contribution in [0.5, 0.6) is 11.5 Å². The number of carbonyl (C=O) groups is 4. The third-order valence-electron chi connectivity index (χ3n) is 9.50. The summed E-state index contributed by atoms with van der Waals surface area (Å²) in [5.74, 6) is -6.95. The zero-order valence-electron chi connectivity index (χ0n) is 24.0. The van der Waals surface area contributed by atoms with Crippen molar-refractivity contribution < 1.29 is 42.2 Å². The molecule has 4 amide bonds. The number of para-hydroxylation sites is 1. The predicted octanol–water partition coefficient (Wildman–Crippen LogP) is 5.32. The fourth-order valence-corrected chi connectivity index (χ4v) is 7.80. The highest BCUT2D eigenvalue weighted by Crippen LogP contribution is 2.64. The van der Waals surface area contributed by atoms with Crippen molar-refractivity contribution in [2.75, 3.05) is 4.90 Å². The van der Waals surface area contributed by atoms with Crippen LogP contribution in [0.1, 0.15) is 52.0 Å². The molecule has 0 bridgehead atoms. The minimum absolute atomic E-state index is 0.0239. The van der Waals surface area contributed by atoms with Gasteiger partial charge in [-0.25, -0.2) is 4.90 Å². The van der Waals surface area contributed by atoms with Crippen molar-refractivity contribution in [1.29, 1.82) is 0 Å². The first-order valence-corrected chi connectivity index (χ1v) is 14.2. The molecule has 0 spiro atoms. The van der Waals surface area contributed by atoms with Crippen LogP contribution in [0.25, 0.3) is 0 Å². The lowest BCUT2D eigenvalue weighted by Gasteiger charge is -2.49. The number of rotatable bonds is 3. The molecule has 0 aromatic heterocycles. The number of phenolic OH excluding ortho intramolecular Hbond substituents is 1. The molecule has 6 unspecified atom stereocenters. The van der Waals surface area contributed by atoms with Gasteiger partial charge in [0.05, 0.1) is 28.9 Å². The van der Waals surface area contributed by atoms with E-state index in [2.05, 4.69) is 4.74 Å². The van der Waals surface area contributed by atoms with Crippen molar-refractivity contribution in [1.82, 2.24) is 4.90 Å². The topological polar surface area (TPSA) is 104 Å². The summed E-state index contributed by atoms with van der Waals surface area (Å²) in [5, 5.41) is 11.1. The van der Waals surface area contributed by atoms with Crippen LogP contribution < -0.4 is 9.64 Å². The lowest BCUT2D eigenvalue weighted by molar-refractivity contribution is -0.274. The molecule has 6 atom stereocenters. The van der Waals surface area contributed by atoms with Crippen LogP contribution >= 0.6 is 0 Å². The van der Waals surface area contributed by atoms with E-state index < -0.39 is 64.5 Å². The van der Waals surface area contributed by atoms with E-state index in [1.165, 1.54) is 4.90 Å². The SMILES string of the molecule is CC12C(=O)N(c3ccccc3)C(=O)C1CC1C(=CCC3C(=O)N(C(C)(C)C)C(=O)C31)C2c1cc(OC(F)(F)F)ccc1O. The molecule has 2 heterocycles. The number of imide groups is 2. The molecule has 2 aromatic rings. The van der Waals surface area contributed by atoms with Gasteiger partial charge in [0.15, 0.2) is 0 Å². The number of nitrogens with zero attached hydrogens (tertiary/aromatic N) is 2. The Bertz CT molecular complexity index is 1580. The van der Waals surface area contributed by atoms with Crippen LogP contribution in [0, 0.1) is 29.1 Å². The number of anilines is 1. The maximum atomic E-state index is 14.3. The van der Waals surface area contributed by atoms with Crippen LogP contribution in [0.15, 0.2) is 60.2 Å². The minimum atomic E-state index is -5.01. The zero-order valence-corrected chi connectivity index (χ0v) is 24.0. The van der Waals surface area contributed by atoms with Gasteiger partial charge in [0.1, 0.15) is 11.5 Å². The molecule has 2 aliphatic carbocycles. The van der Waals surface area contributed by atoms with E-state index >= 15 is 0 Å². The first-order valence-electron chi connectivity index (χ1n) is 14.2. The average Bonchev–Trinajstić information content (AvgIpc) is 3.29. The van der Waals surface area contributed by atoms with Gasteiger partial charge in [-0.1, -0.05) is 29.8 Å². The van der Waals surface area contributed by atoms with Crippen molar-refractivity contribution in [3.05, 3.63) is 65.7 Å². The molecule has 4 aliphatic rings. The number of halogens is 3. The summed E-state index contributed by atoms with van der Waals surface area (Å²) >= 11 is 0. The molecular formula is C32H31F3N2O6. The Morgan fingerprint density at radius 1 is 0.930 bits per heavy atom. The number of hydrogen-bond donors (Lipinski definition) is 1. The third-order valence-corrected chi connectivity index (χ3v) is 9.50. The van der Waals surface area contributed by atoms with Crippen LogP contribution in [0.2, 0.25) is 0 Å².